The summed E-state index contributed by atoms with van der Waals surface area (Å²) in [6.07, 6.45) is 3.01. The van der Waals surface area contributed by atoms with Gasteiger partial charge < -0.3 is 10.5 Å². The largest absolute Gasteiger partial charge is 0.439 e. The van der Waals surface area contributed by atoms with Crippen LogP contribution in [-0.4, -0.2) is 19.6 Å². The van der Waals surface area contributed by atoms with Crippen LogP contribution in [0.25, 0.3) is 5.65 Å². The SMILES string of the molecule is Nc1ccc(Oc2cc3ncnn3cn2)cc1. The highest BCUT2D eigenvalue weighted by Gasteiger charge is 2.01. The van der Waals surface area contributed by atoms with E-state index in [1.807, 2.05) is 0 Å². The maximum atomic E-state index is 5.59. The molecule has 0 aliphatic heterocycles. The van der Waals surface area contributed by atoms with E-state index in [9.17, 15) is 0 Å². The molecule has 1 aromatic carbocycles. The minimum atomic E-state index is 0.468. The Hall–Kier alpha value is -2.63. The summed E-state index contributed by atoms with van der Waals surface area (Å²) < 4.78 is 7.13. The Labute approximate surface area is 96.7 Å². The molecule has 0 fully saturated rings. The molecule has 6 nitrogen and oxygen atoms in total. The summed E-state index contributed by atoms with van der Waals surface area (Å²) in [4.78, 5) is 8.15. The predicted octanol–water partition coefficient (Wildman–Crippen LogP) is 1.50. The first-order valence-corrected chi connectivity index (χ1v) is 5.00. The van der Waals surface area contributed by atoms with Crippen LogP contribution < -0.4 is 10.5 Å². The van der Waals surface area contributed by atoms with Crippen molar-refractivity contribution >= 4 is 11.3 Å². The molecule has 3 rings (SSSR count). The van der Waals surface area contributed by atoms with Crippen molar-refractivity contribution in [3.05, 3.63) is 43.0 Å². The summed E-state index contributed by atoms with van der Waals surface area (Å²) in [7, 11) is 0. The van der Waals surface area contributed by atoms with Gasteiger partial charge in [-0.3, -0.25) is 0 Å². The van der Waals surface area contributed by atoms with Crippen molar-refractivity contribution < 1.29 is 4.74 Å². The zero-order valence-electron chi connectivity index (χ0n) is 8.82. The van der Waals surface area contributed by atoms with Gasteiger partial charge >= 0.3 is 0 Å². The van der Waals surface area contributed by atoms with Crippen LogP contribution in [0.3, 0.4) is 0 Å². The summed E-state index contributed by atoms with van der Waals surface area (Å²) in [5, 5.41) is 3.95. The van der Waals surface area contributed by atoms with Gasteiger partial charge in [0.05, 0.1) is 0 Å². The van der Waals surface area contributed by atoms with Crippen molar-refractivity contribution in [2.75, 3.05) is 5.73 Å². The molecular formula is C11H9N5O. The summed E-state index contributed by atoms with van der Waals surface area (Å²) in [6.45, 7) is 0. The Kier molecular flexibility index (Phi) is 2.11. The standard InChI is InChI=1S/C11H9N5O/c12-8-1-3-9(4-2-8)17-11-5-10-13-6-15-16(10)7-14-11/h1-7H,12H2. The molecule has 0 unspecified atom stereocenters. The quantitative estimate of drug-likeness (QED) is 0.671. The Bertz CT molecular complexity index is 646. The Morgan fingerprint density at radius 3 is 2.76 bits per heavy atom. The van der Waals surface area contributed by atoms with Crippen molar-refractivity contribution in [3.8, 4) is 11.6 Å². The van der Waals surface area contributed by atoms with E-state index in [-0.39, 0.29) is 0 Å². The highest BCUT2D eigenvalue weighted by molar-refractivity contribution is 5.44. The minimum Gasteiger partial charge on any atom is -0.439 e. The fourth-order valence-electron chi connectivity index (χ4n) is 1.42. The number of nitrogens with two attached hydrogens (primary N) is 1. The molecule has 2 N–H and O–H groups in total. The Morgan fingerprint density at radius 1 is 1.12 bits per heavy atom. The van der Waals surface area contributed by atoms with Crippen LogP contribution in [0.1, 0.15) is 0 Å². The van der Waals surface area contributed by atoms with Gasteiger partial charge in [-0.25, -0.2) is 14.5 Å². The zero-order chi connectivity index (χ0) is 11.7. The topological polar surface area (TPSA) is 78.3 Å². The van der Waals surface area contributed by atoms with E-state index in [0.29, 0.717) is 23.0 Å². The summed E-state index contributed by atoms with van der Waals surface area (Å²) in [5.41, 5.74) is 6.97. The van der Waals surface area contributed by atoms with Gasteiger partial charge in [0.15, 0.2) is 5.65 Å². The van der Waals surface area contributed by atoms with Crippen molar-refractivity contribution in [1.82, 2.24) is 19.6 Å². The molecule has 0 bridgehead atoms. The van der Waals surface area contributed by atoms with E-state index in [1.54, 1.807) is 41.2 Å². The maximum absolute atomic E-state index is 5.59. The number of hydrogen-bond acceptors (Lipinski definition) is 5. The second-order valence-corrected chi connectivity index (χ2v) is 3.46. The third-order valence-corrected chi connectivity index (χ3v) is 2.25. The maximum Gasteiger partial charge on any atom is 0.224 e. The van der Waals surface area contributed by atoms with Gasteiger partial charge in [0.1, 0.15) is 18.4 Å². The fourth-order valence-corrected chi connectivity index (χ4v) is 1.42. The second kappa shape index (κ2) is 3.75. The lowest BCUT2D eigenvalue weighted by molar-refractivity contribution is 0.461. The van der Waals surface area contributed by atoms with Crippen LogP contribution in [0.2, 0.25) is 0 Å². The highest BCUT2D eigenvalue weighted by atomic mass is 16.5. The molecular weight excluding hydrogens is 218 g/mol. The first-order chi connectivity index (χ1) is 8.31. The minimum absolute atomic E-state index is 0.468. The third kappa shape index (κ3) is 1.87. The van der Waals surface area contributed by atoms with Gasteiger partial charge in [0.25, 0.3) is 0 Å². The molecule has 6 heteroatoms. The number of nitrogen functional groups attached to an aromatic ring is 1. The average Bonchev–Trinajstić information content (AvgIpc) is 2.79. The summed E-state index contributed by atoms with van der Waals surface area (Å²) in [6, 6.07) is 8.81. The highest BCUT2D eigenvalue weighted by Crippen LogP contribution is 2.20. The normalized spacial score (nSPS) is 10.6. The van der Waals surface area contributed by atoms with Gasteiger partial charge in [0.2, 0.25) is 5.88 Å². The molecule has 2 heterocycles. The number of fused-ring (bicyclic) bond motifs is 1. The van der Waals surface area contributed by atoms with Crippen molar-refractivity contribution in [2.24, 2.45) is 0 Å². The molecule has 0 aliphatic rings. The number of ether oxygens (including phenoxy) is 1. The van der Waals surface area contributed by atoms with Crippen molar-refractivity contribution in [1.29, 1.82) is 0 Å². The number of rotatable bonds is 2. The van der Waals surface area contributed by atoms with Gasteiger partial charge in [-0.05, 0) is 24.3 Å². The van der Waals surface area contributed by atoms with E-state index >= 15 is 0 Å². The molecule has 17 heavy (non-hydrogen) atoms. The lowest BCUT2D eigenvalue weighted by Gasteiger charge is -2.04. The lowest BCUT2D eigenvalue weighted by atomic mass is 10.3. The van der Waals surface area contributed by atoms with Crippen LogP contribution in [0.5, 0.6) is 11.6 Å². The number of anilines is 1. The summed E-state index contributed by atoms with van der Waals surface area (Å²) in [5.74, 6) is 1.14. The van der Waals surface area contributed by atoms with Crippen LogP contribution in [0.4, 0.5) is 5.69 Å². The summed E-state index contributed by atoms with van der Waals surface area (Å²) >= 11 is 0. The molecule has 84 valence electrons. The zero-order valence-corrected chi connectivity index (χ0v) is 8.82. The first-order valence-electron chi connectivity index (χ1n) is 5.00. The smallest absolute Gasteiger partial charge is 0.224 e. The Balaban J connectivity index is 1.91. The molecule has 0 radical (unpaired) electrons. The number of benzene rings is 1. The molecule has 0 aliphatic carbocycles. The molecule has 0 spiro atoms. The third-order valence-electron chi connectivity index (χ3n) is 2.25. The number of nitrogens with zero attached hydrogens (tertiary/aromatic N) is 4. The van der Waals surface area contributed by atoms with E-state index in [2.05, 4.69) is 15.1 Å². The monoisotopic (exact) mass is 227 g/mol. The molecule has 0 saturated carbocycles. The first kappa shape index (κ1) is 9.59. The van der Waals surface area contributed by atoms with Crippen molar-refractivity contribution in [2.45, 2.75) is 0 Å². The van der Waals surface area contributed by atoms with E-state index in [1.165, 1.54) is 6.33 Å². The molecule has 0 atom stereocenters. The van der Waals surface area contributed by atoms with Gasteiger partial charge in [-0.2, -0.15) is 5.10 Å². The van der Waals surface area contributed by atoms with Crippen molar-refractivity contribution in [3.63, 3.8) is 0 Å². The Morgan fingerprint density at radius 2 is 1.94 bits per heavy atom. The van der Waals surface area contributed by atoms with Gasteiger partial charge in [-0.1, -0.05) is 0 Å². The lowest BCUT2D eigenvalue weighted by Crippen LogP contribution is -1.93. The van der Waals surface area contributed by atoms with E-state index in [0.717, 1.165) is 0 Å². The number of aromatic nitrogens is 4. The van der Waals surface area contributed by atoms with Crippen LogP contribution in [0, 0.1) is 0 Å². The molecule has 3 aromatic rings. The van der Waals surface area contributed by atoms with Crippen LogP contribution in [-0.2, 0) is 0 Å². The van der Waals surface area contributed by atoms with E-state index < -0.39 is 0 Å². The van der Waals surface area contributed by atoms with Gasteiger partial charge in [-0.15, -0.1) is 0 Å². The fraction of sp³-hybridized carbons (Fsp3) is 0. The second-order valence-electron chi connectivity index (χ2n) is 3.46. The van der Waals surface area contributed by atoms with E-state index in [4.69, 9.17) is 10.5 Å². The molecule has 0 saturated heterocycles. The van der Waals surface area contributed by atoms with Crippen LogP contribution >= 0.6 is 0 Å². The molecule has 2 aromatic heterocycles. The number of hydrogen-bond donors (Lipinski definition) is 1. The average molecular weight is 227 g/mol. The predicted molar refractivity (Wildman–Crippen MR) is 61.7 cm³/mol. The van der Waals surface area contributed by atoms with Gasteiger partial charge in [0, 0.05) is 11.8 Å². The molecule has 0 amide bonds. The van der Waals surface area contributed by atoms with Crippen LogP contribution in [0.15, 0.2) is 43.0 Å².